The van der Waals surface area contributed by atoms with E-state index in [1.54, 1.807) is 0 Å². The van der Waals surface area contributed by atoms with E-state index in [0.29, 0.717) is 17.7 Å². The molecule has 4 heteroatoms. The van der Waals surface area contributed by atoms with Crippen molar-refractivity contribution >= 4 is 0 Å². The molecular formula is C7H10N2O2. The van der Waals surface area contributed by atoms with E-state index in [1.165, 1.54) is 13.3 Å². The highest BCUT2D eigenvalue weighted by molar-refractivity contribution is 5.27. The first-order chi connectivity index (χ1) is 5.29. The zero-order chi connectivity index (χ0) is 8.27. The predicted molar refractivity (Wildman–Crippen MR) is 40.8 cm³/mol. The molecule has 1 rings (SSSR count). The average molecular weight is 154 g/mol. The number of hydrogen-bond acceptors (Lipinski definition) is 3. The Balaban J connectivity index is 3.24. The second kappa shape index (κ2) is 3.18. The highest BCUT2D eigenvalue weighted by atomic mass is 16.5. The summed E-state index contributed by atoms with van der Waals surface area (Å²) in [7, 11) is 1.52. The Bertz CT molecular complexity index is 293. The van der Waals surface area contributed by atoms with Crippen LogP contribution in [0.5, 0.6) is 5.75 Å². The minimum Gasteiger partial charge on any atom is -0.495 e. The largest absolute Gasteiger partial charge is 0.495 e. The lowest BCUT2D eigenvalue weighted by molar-refractivity contribution is 0.405. The SMILES string of the molecule is CCc1c(OC)cn[nH]c1=O. The van der Waals surface area contributed by atoms with Crippen LogP contribution < -0.4 is 10.3 Å². The van der Waals surface area contributed by atoms with Crippen LogP contribution in [0.4, 0.5) is 0 Å². The van der Waals surface area contributed by atoms with Gasteiger partial charge in [-0.05, 0) is 6.42 Å². The lowest BCUT2D eigenvalue weighted by atomic mass is 10.2. The van der Waals surface area contributed by atoms with Gasteiger partial charge in [0.2, 0.25) is 0 Å². The smallest absolute Gasteiger partial charge is 0.271 e. The molecule has 0 saturated carbocycles. The molecule has 0 saturated heterocycles. The number of ether oxygens (including phenoxy) is 1. The first kappa shape index (κ1) is 7.78. The van der Waals surface area contributed by atoms with Crippen LogP contribution in [0.25, 0.3) is 0 Å². The first-order valence-electron chi connectivity index (χ1n) is 3.40. The Morgan fingerprint density at radius 3 is 2.91 bits per heavy atom. The minimum atomic E-state index is -0.174. The molecule has 0 aromatic carbocycles. The zero-order valence-electron chi connectivity index (χ0n) is 6.55. The summed E-state index contributed by atoms with van der Waals surface area (Å²) < 4.78 is 4.93. The van der Waals surface area contributed by atoms with E-state index in [2.05, 4.69) is 10.2 Å². The van der Waals surface area contributed by atoms with Crippen molar-refractivity contribution < 1.29 is 4.74 Å². The molecular weight excluding hydrogens is 144 g/mol. The van der Waals surface area contributed by atoms with Gasteiger partial charge in [0.1, 0.15) is 5.75 Å². The lowest BCUT2D eigenvalue weighted by Gasteiger charge is -2.01. The summed E-state index contributed by atoms with van der Waals surface area (Å²) in [6.45, 7) is 1.90. The van der Waals surface area contributed by atoms with E-state index in [-0.39, 0.29) is 5.56 Å². The number of hydrogen-bond donors (Lipinski definition) is 1. The lowest BCUT2D eigenvalue weighted by Crippen LogP contribution is -2.14. The number of rotatable bonds is 2. The van der Waals surface area contributed by atoms with E-state index < -0.39 is 0 Å². The van der Waals surface area contributed by atoms with E-state index in [4.69, 9.17) is 4.74 Å². The minimum absolute atomic E-state index is 0.174. The second-order valence-corrected chi connectivity index (χ2v) is 2.10. The number of aromatic nitrogens is 2. The molecule has 1 aromatic rings. The molecule has 4 nitrogen and oxygen atoms in total. The average Bonchev–Trinajstić information content (AvgIpc) is 2.04. The van der Waals surface area contributed by atoms with E-state index in [0.717, 1.165) is 0 Å². The van der Waals surface area contributed by atoms with Gasteiger partial charge < -0.3 is 4.74 Å². The van der Waals surface area contributed by atoms with E-state index >= 15 is 0 Å². The number of H-pyrrole nitrogens is 1. The molecule has 11 heavy (non-hydrogen) atoms. The summed E-state index contributed by atoms with van der Waals surface area (Å²) in [4.78, 5) is 11.0. The van der Waals surface area contributed by atoms with Crippen LogP contribution in [0.3, 0.4) is 0 Å². The summed E-state index contributed by atoms with van der Waals surface area (Å²) in [6.07, 6.45) is 2.15. The van der Waals surface area contributed by atoms with Crippen LogP contribution >= 0.6 is 0 Å². The van der Waals surface area contributed by atoms with Gasteiger partial charge in [-0.3, -0.25) is 4.79 Å². The molecule has 0 radical (unpaired) electrons. The van der Waals surface area contributed by atoms with Crippen molar-refractivity contribution in [3.63, 3.8) is 0 Å². The van der Waals surface area contributed by atoms with Gasteiger partial charge in [-0.1, -0.05) is 6.92 Å². The fourth-order valence-corrected chi connectivity index (χ4v) is 0.918. The molecule has 0 fully saturated rings. The highest BCUT2D eigenvalue weighted by Gasteiger charge is 2.03. The van der Waals surface area contributed by atoms with Gasteiger partial charge in [-0.15, -0.1) is 0 Å². The third-order valence-corrected chi connectivity index (χ3v) is 1.49. The third-order valence-electron chi connectivity index (χ3n) is 1.49. The molecule has 0 bridgehead atoms. The molecule has 0 amide bonds. The summed E-state index contributed by atoms with van der Waals surface area (Å²) in [5.41, 5.74) is 0.467. The molecule has 1 aromatic heterocycles. The topological polar surface area (TPSA) is 55.0 Å². The summed E-state index contributed by atoms with van der Waals surface area (Å²) in [5.74, 6) is 0.552. The van der Waals surface area contributed by atoms with Gasteiger partial charge in [0.05, 0.1) is 18.9 Å². The molecule has 0 aliphatic carbocycles. The van der Waals surface area contributed by atoms with Gasteiger partial charge in [-0.25, -0.2) is 5.10 Å². The summed E-state index contributed by atoms with van der Waals surface area (Å²) in [5, 5.41) is 5.94. The second-order valence-electron chi connectivity index (χ2n) is 2.10. The van der Waals surface area contributed by atoms with Crippen LogP contribution in [0.2, 0.25) is 0 Å². The normalized spacial score (nSPS) is 9.64. The molecule has 60 valence electrons. The maximum absolute atomic E-state index is 11.0. The Kier molecular flexibility index (Phi) is 2.25. The third kappa shape index (κ3) is 1.39. The number of aromatic amines is 1. The van der Waals surface area contributed by atoms with Crippen molar-refractivity contribution in [2.24, 2.45) is 0 Å². The fraction of sp³-hybridized carbons (Fsp3) is 0.429. The standard InChI is InChI=1S/C7H10N2O2/c1-3-5-6(11-2)4-8-9-7(5)10/h4H,3H2,1-2H3,(H,9,10). The van der Waals surface area contributed by atoms with E-state index in [9.17, 15) is 4.79 Å². The Morgan fingerprint density at radius 1 is 1.73 bits per heavy atom. The maximum atomic E-state index is 11.0. The fourth-order valence-electron chi connectivity index (χ4n) is 0.918. The molecule has 1 N–H and O–H groups in total. The van der Waals surface area contributed by atoms with Crippen molar-refractivity contribution in [2.75, 3.05) is 7.11 Å². The van der Waals surface area contributed by atoms with Crippen molar-refractivity contribution in [1.82, 2.24) is 10.2 Å². The quantitative estimate of drug-likeness (QED) is 0.668. The molecule has 1 heterocycles. The molecule has 0 aliphatic heterocycles. The van der Waals surface area contributed by atoms with Crippen LogP contribution in [-0.4, -0.2) is 17.3 Å². The summed E-state index contributed by atoms with van der Waals surface area (Å²) >= 11 is 0. The summed E-state index contributed by atoms with van der Waals surface area (Å²) in [6, 6.07) is 0. The highest BCUT2D eigenvalue weighted by Crippen LogP contribution is 2.10. The zero-order valence-corrected chi connectivity index (χ0v) is 6.55. The maximum Gasteiger partial charge on any atom is 0.271 e. The molecule has 0 atom stereocenters. The van der Waals surface area contributed by atoms with Gasteiger partial charge in [-0.2, -0.15) is 5.10 Å². The number of methoxy groups -OCH3 is 1. The van der Waals surface area contributed by atoms with Crippen LogP contribution in [-0.2, 0) is 6.42 Å². The van der Waals surface area contributed by atoms with Crippen molar-refractivity contribution in [3.05, 3.63) is 22.1 Å². The van der Waals surface area contributed by atoms with Crippen LogP contribution in [0.1, 0.15) is 12.5 Å². The van der Waals surface area contributed by atoms with Crippen molar-refractivity contribution in [3.8, 4) is 5.75 Å². The molecule has 0 spiro atoms. The monoisotopic (exact) mass is 154 g/mol. The predicted octanol–water partition coefficient (Wildman–Crippen LogP) is 0.341. The van der Waals surface area contributed by atoms with Crippen molar-refractivity contribution in [1.29, 1.82) is 0 Å². The van der Waals surface area contributed by atoms with E-state index in [1.807, 2.05) is 6.92 Å². The van der Waals surface area contributed by atoms with Gasteiger partial charge in [0, 0.05) is 0 Å². The van der Waals surface area contributed by atoms with Crippen molar-refractivity contribution in [2.45, 2.75) is 13.3 Å². The molecule has 0 unspecified atom stereocenters. The number of nitrogens with one attached hydrogen (secondary N) is 1. The Labute approximate surface area is 64.2 Å². The van der Waals surface area contributed by atoms with Crippen LogP contribution in [0.15, 0.2) is 11.0 Å². The Morgan fingerprint density at radius 2 is 2.45 bits per heavy atom. The van der Waals surface area contributed by atoms with Crippen LogP contribution in [0, 0.1) is 0 Å². The first-order valence-corrected chi connectivity index (χ1v) is 3.40. The number of nitrogens with zero attached hydrogens (tertiary/aromatic N) is 1. The molecule has 0 aliphatic rings. The Hall–Kier alpha value is -1.32. The van der Waals surface area contributed by atoms with Gasteiger partial charge in [0.15, 0.2) is 0 Å². The van der Waals surface area contributed by atoms with Gasteiger partial charge >= 0.3 is 0 Å². The van der Waals surface area contributed by atoms with Gasteiger partial charge in [0.25, 0.3) is 5.56 Å².